The summed E-state index contributed by atoms with van der Waals surface area (Å²) >= 11 is 0. The van der Waals surface area contributed by atoms with Crippen molar-refractivity contribution in [2.45, 2.75) is 26.4 Å². The molecule has 0 unspecified atom stereocenters. The molecule has 86 valence electrons. The minimum Gasteiger partial charge on any atom is -0.399 e. The molecule has 0 saturated carbocycles. The van der Waals surface area contributed by atoms with E-state index >= 15 is 0 Å². The summed E-state index contributed by atoms with van der Waals surface area (Å²) < 4.78 is 2.35. The molecule has 1 aromatic heterocycles. The molecule has 1 aromatic carbocycles. The largest absolute Gasteiger partial charge is 0.399 e. The average Bonchev–Trinajstić information content (AvgIpc) is 2.55. The molecular formula is C13H19N3. The minimum absolute atomic E-state index is 0.462. The van der Waals surface area contributed by atoms with Crippen LogP contribution in [0.2, 0.25) is 0 Å². The van der Waals surface area contributed by atoms with Gasteiger partial charge in [-0.2, -0.15) is 0 Å². The Labute approximate surface area is 96.2 Å². The van der Waals surface area contributed by atoms with Crippen LogP contribution in [-0.2, 0) is 6.54 Å². The molecule has 2 aromatic rings. The SMILES string of the molecule is CNCc1cc2cc(N)ccc2n1C(C)C. The molecule has 0 aliphatic rings. The van der Waals surface area contributed by atoms with Gasteiger partial charge in [-0.25, -0.2) is 0 Å². The molecule has 0 aliphatic carbocycles. The maximum Gasteiger partial charge on any atom is 0.0486 e. The van der Waals surface area contributed by atoms with Gasteiger partial charge in [0, 0.05) is 34.9 Å². The van der Waals surface area contributed by atoms with Gasteiger partial charge in [0.2, 0.25) is 0 Å². The van der Waals surface area contributed by atoms with Crippen LogP contribution < -0.4 is 11.1 Å². The number of benzene rings is 1. The number of aromatic nitrogens is 1. The van der Waals surface area contributed by atoms with Crippen molar-refractivity contribution in [3.05, 3.63) is 30.0 Å². The van der Waals surface area contributed by atoms with Gasteiger partial charge >= 0.3 is 0 Å². The Hall–Kier alpha value is -1.48. The quantitative estimate of drug-likeness (QED) is 0.776. The van der Waals surface area contributed by atoms with Gasteiger partial charge in [-0.05, 0) is 45.2 Å². The number of nitrogens with zero attached hydrogens (tertiary/aromatic N) is 1. The summed E-state index contributed by atoms with van der Waals surface area (Å²) in [6.07, 6.45) is 0. The van der Waals surface area contributed by atoms with Crippen molar-refractivity contribution in [3.8, 4) is 0 Å². The summed E-state index contributed by atoms with van der Waals surface area (Å²) in [4.78, 5) is 0. The Morgan fingerprint density at radius 1 is 1.31 bits per heavy atom. The average molecular weight is 217 g/mol. The molecule has 2 rings (SSSR count). The van der Waals surface area contributed by atoms with Gasteiger partial charge in [0.15, 0.2) is 0 Å². The van der Waals surface area contributed by atoms with Gasteiger partial charge in [0.05, 0.1) is 0 Å². The zero-order valence-corrected chi connectivity index (χ0v) is 10.1. The first-order chi connectivity index (χ1) is 7.63. The summed E-state index contributed by atoms with van der Waals surface area (Å²) in [6.45, 7) is 5.29. The van der Waals surface area contributed by atoms with E-state index in [2.05, 4.69) is 35.9 Å². The predicted octanol–water partition coefficient (Wildman–Crippen LogP) is 2.52. The maximum atomic E-state index is 5.81. The van der Waals surface area contributed by atoms with Crippen molar-refractivity contribution in [3.63, 3.8) is 0 Å². The molecule has 0 spiro atoms. The molecule has 1 heterocycles. The van der Waals surface area contributed by atoms with E-state index in [9.17, 15) is 0 Å². The Kier molecular flexibility index (Phi) is 2.88. The van der Waals surface area contributed by atoms with Crippen molar-refractivity contribution in [2.24, 2.45) is 0 Å². The second kappa shape index (κ2) is 4.18. The van der Waals surface area contributed by atoms with E-state index in [0.717, 1.165) is 12.2 Å². The van der Waals surface area contributed by atoms with Crippen LogP contribution in [0.25, 0.3) is 10.9 Å². The second-order valence-corrected chi connectivity index (χ2v) is 4.45. The molecule has 16 heavy (non-hydrogen) atoms. The lowest BCUT2D eigenvalue weighted by atomic mass is 10.2. The molecule has 0 aliphatic heterocycles. The standard InChI is InChI=1S/C13H19N3/c1-9(2)16-12(8-15-3)7-10-6-11(14)4-5-13(10)16/h4-7,9,15H,8,14H2,1-3H3. The summed E-state index contributed by atoms with van der Waals surface area (Å²) in [6, 6.07) is 8.77. The van der Waals surface area contributed by atoms with Gasteiger partial charge in [-0.1, -0.05) is 0 Å². The number of anilines is 1. The zero-order valence-electron chi connectivity index (χ0n) is 10.1. The van der Waals surface area contributed by atoms with E-state index in [1.54, 1.807) is 0 Å². The number of fused-ring (bicyclic) bond motifs is 1. The van der Waals surface area contributed by atoms with Crippen molar-refractivity contribution >= 4 is 16.6 Å². The highest BCUT2D eigenvalue weighted by Gasteiger charge is 2.10. The Morgan fingerprint density at radius 3 is 2.69 bits per heavy atom. The summed E-state index contributed by atoms with van der Waals surface area (Å²) in [5, 5.41) is 4.42. The first-order valence-electron chi connectivity index (χ1n) is 5.67. The highest BCUT2D eigenvalue weighted by molar-refractivity contribution is 5.84. The Balaban J connectivity index is 2.65. The molecule has 3 N–H and O–H groups in total. The first-order valence-corrected chi connectivity index (χ1v) is 5.67. The van der Waals surface area contributed by atoms with E-state index < -0.39 is 0 Å². The van der Waals surface area contributed by atoms with Crippen LogP contribution in [0.3, 0.4) is 0 Å². The molecule has 3 heteroatoms. The lowest BCUT2D eigenvalue weighted by molar-refractivity contribution is 0.581. The topological polar surface area (TPSA) is 43.0 Å². The van der Waals surface area contributed by atoms with Crippen LogP contribution in [-0.4, -0.2) is 11.6 Å². The fourth-order valence-electron chi connectivity index (χ4n) is 2.24. The number of rotatable bonds is 3. The molecule has 0 atom stereocenters. The number of nitrogens with two attached hydrogens (primary N) is 1. The van der Waals surface area contributed by atoms with Crippen LogP contribution in [0, 0.1) is 0 Å². The van der Waals surface area contributed by atoms with Gasteiger partial charge in [-0.3, -0.25) is 0 Å². The van der Waals surface area contributed by atoms with Crippen LogP contribution in [0.4, 0.5) is 5.69 Å². The monoisotopic (exact) mass is 217 g/mol. The van der Waals surface area contributed by atoms with Gasteiger partial charge in [0.25, 0.3) is 0 Å². The Morgan fingerprint density at radius 2 is 2.06 bits per heavy atom. The van der Waals surface area contributed by atoms with Gasteiger partial charge in [0.1, 0.15) is 0 Å². The predicted molar refractivity (Wildman–Crippen MR) is 69.5 cm³/mol. The third-order valence-corrected chi connectivity index (χ3v) is 2.82. The highest BCUT2D eigenvalue weighted by Crippen LogP contribution is 2.25. The summed E-state index contributed by atoms with van der Waals surface area (Å²) in [5.74, 6) is 0. The van der Waals surface area contributed by atoms with Crippen LogP contribution in [0.15, 0.2) is 24.3 Å². The second-order valence-electron chi connectivity index (χ2n) is 4.45. The van der Waals surface area contributed by atoms with E-state index in [-0.39, 0.29) is 0 Å². The van der Waals surface area contributed by atoms with Crippen LogP contribution >= 0.6 is 0 Å². The number of nitrogen functional groups attached to an aromatic ring is 1. The fraction of sp³-hybridized carbons (Fsp3) is 0.385. The molecular weight excluding hydrogens is 198 g/mol. The van der Waals surface area contributed by atoms with Crippen molar-refractivity contribution in [1.82, 2.24) is 9.88 Å². The Bertz CT molecular complexity index is 497. The number of hydrogen-bond acceptors (Lipinski definition) is 2. The molecule has 0 fully saturated rings. The summed E-state index contributed by atoms with van der Waals surface area (Å²) in [5.41, 5.74) is 9.19. The number of hydrogen-bond donors (Lipinski definition) is 2. The molecule has 3 nitrogen and oxygen atoms in total. The minimum atomic E-state index is 0.462. The molecule has 0 bridgehead atoms. The third kappa shape index (κ3) is 1.78. The smallest absolute Gasteiger partial charge is 0.0486 e. The zero-order chi connectivity index (χ0) is 11.7. The molecule has 0 radical (unpaired) electrons. The molecule has 0 saturated heterocycles. The fourth-order valence-corrected chi connectivity index (χ4v) is 2.24. The highest BCUT2D eigenvalue weighted by atomic mass is 15.0. The van der Waals surface area contributed by atoms with Gasteiger partial charge in [-0.15, -0.1) is 0 Å². The maximum absolute atomic E-state index is 5.81. The van der Waals surface area contributed by atoms with E-state index in [1.807, 2.05) is 19.2 Å². The third-order valence-electron chi connectivity index (χ3n) is 2.82. The van der Waals surface area contributed by atoms with E-state index in [4.69, 9.17) is 5.73 Å². The van der Waals surface area contributed by atoms with Crippen molar-refractivity contribution in [2.75, 3.05) is 12.8 Å². The van der Waals surface area contributed by atoms with Crippen LogP contribution in [0.1, 0.15) is 25.6 Å². The van der Waals surface area contributed by atoms with Crippen molar-refractivity contribution < 1.29 is 0 Å². The van der Waals surface area contributed by atoms with Gasteiger partial charge < -0.3 is 15.6 Å². The normalized spacial score (nSPS) is 11.5. The lowest BCUT2D eigenvalue weighted by Gasteiger charge is -2.14. The van der Waals surface area contributed by atoms with Crippen molar-refractivity contribution in [1.29, 1.82) is 0 Å². The van der Waals surface area contributed by atoms with E-state index in [1.165, 1.54) is 16.6 Å². The number of nitrogens with one attached hydrogen (secondary N) is 1. The first kappa shape index (κ1) is 11.0. The van der Waals surface area contributed by atoms with Crippen LogP contribution in [0.5, 0.6) is 0 Å². The lowest BCUT2D eigenvalue weighted by Crippen LogP contribution is -2.12. The molecule has 0 amide bonds. The van der Waals surface area contributed by atoms with E-state index in [0.29, 0.717) is 6.04 Å². The summed E-state index contributed by atoms with van der Waals surface area (Å²) in [7, 11) is 1.97.